The summed E-state index contributed by atoms with van der Waals surface area (Å²) in [6.07, 6.45) is 2.53. The van der Waals surface area contributed by atoms with E-state index in [0.717, 1.165) is 37.9 Å². The minimum Gasteiger partial charge on any atom is -0.317 e. The van der Waals surface area contributed by atoms with Crippen LogP contribution in [0.5, 0.6) is 0 Å². The number of hydrogen-bond donors (Lipinski definition) is 1. The van der Waals surface area contributed by atoms with Crippen molar-refractivity contribution in [1.82, 2.24) is 9.62 Å². The lowest BCUT2D eigenvalue weighted by atomic mass is 10.1. The predicted molar refractivity (Wildman–Crippen MR) is 86.3 cm³/mol. The topological polar surface area (TPSA) is 49.4 Å². The first kappa shape index (κ1) is 16.7. The number of piperidine rings is 1. The smallest absolute Gasteiger partial charge is 0.243 e. The van der Waals surface area contributed by atoms with Crippen molar-refractivity contribution in [3.05, 3.63) is 28.8 Å². The summed E-state index contributed by atoms with van der Waals surface area (Å²) >= 11 is 6.00. The minimum absolute atomic E-state index is 0.0783. The molecule has 0 aromatic heterocycles. The van der Waals surface area contributed by atoms with E-state index in [9.17, 15) is 8.42 Å². The highest BCUT2D eigenvalue weighted by molar-refractivity contribution is 7.89. The van der Waals surface area contributed by atoms with Gasteiger partial charge in [0.05, 0.1) is 4.90 Å². The largest absolute Gasteiger partial charge is 0.317 e. The van der Waals surface area contributed by atoms with E-state index in [1.807, 2.05) is 13.8 Å². The van der Waals surface area contributed by atoms with Gasteiger partial charge in [0.2, 0.25) is 10.0 Å². The Morgan fingerprint density at radius 2 is 2.00 bits per heavy atom. The normalized spacial score (nSPS) is 17.3. The maximum atomic E-state index is 13.0. The van der Waals surface area contributed by atoms with Gasteiger partial charge in [-0.2, -0.15) is 4.31 Å². The van der Waals surface area contributed by atoms with Crippen LogP contribution in [0.2, 0.25) is 5.02 Å². The van der Waals surface area contributed by atoms with E-state index in [1.165, 1.54) is 0 Å². The van der Waals surface area contributed by atoms with E-state index in [1.54, 1.807) is 22.5 Å². The van der Waals surface area contributed by atoms with Crippen molar-refractivity contribution in [3.8, 4) is 0 Å². The van der Waals surface area contributed by atoms with Crippen LogP contribution in [0, 0.1) is 6.92 Å². The lowest BCUT2D eigenvalue weighted by molar-refractivity contribution is 0.262. The predicted octanol–water partition coefficient (Wildman–Crippen LogP) is 2.80. The van der Waals surface area contributed by atoms with Crippen LogP contribution in [0.4, 0.5) is 0 Å². The second-order valence-corrected chi connectivity index (χ2v) is 7.80. The van der Waals surface area contributed by atoms with E-state index >= 15 is 0 Å². The third-order valence-electron chi connectivity index (χ3n) is 3.90. The molecule has 1 N–H and O–H groups in total. The zero-order valence-corrected chi connectivity index (χ0v) is 14.2. The molecule has 6 heteroatoms. The molecule has 1 heterocycles. The molecule has 0 spiro atoms. The maximum Gasteiger partial charge on any atom is 0.243 e. The van der Waals surface area contributed by atoms with Gasteiger partial charge >= 0.3 is 0 Å². The summed E-state index contributed by atoms with van der Waals surface area (Å²) in [6, 6.07) is 5.14. The summed E-state index contributed by atoms with van der Waals surface area (Å²) in [5.74, 6) is 0. The van der Waals surface area contributed by atoms with Crippen molar-refractivity contribution in [2.45, 2.75) is 44.0 Å². The highest BCUT2D eigenvalue weighted by Crippen LogP contribution is 2.27. The molecule has 0 aliphatic carbocycles. The molecule has 1 aliphatic heterocycles. The lowest BCUT2D eigenvalue weighted by Crippen LogP contribution is -2.46. The van der Waals surface area contributed by atoms with E-state index in [2.05, 4.69) is 5.32 Å². The van der Waals surface area contributed by atoms with Crippen LogP contribution in [-0.4, -0.2) is 38.4 Å². The van der Waals surface area contributed by atoms with E-state index < -0.39 is 10.0 Å². The number of nitrogens with zero attached hydrogens (tertiary/aromatic N) is 1. The molecule has 2 rings (SSSR count). The molecule has 4 nitrogen and oxygen atoms in total. The minimum atomic E-state index is -3.49. The van der Waals surface area contributed by atoms with Crippen molar-refractivity contribution in [1.29, 1.82) is 0 Å². The molecule has 1 aliphatic rings. The Labute approximate surface area is 132 Å². The summed E-state index contributed by atoms with van der Waals surface area (Å²) in [6.45, 7) is 6.12. The molecule has 1 saturated heterocycles. The molecule has 0 saturated carbocycles. The molecule has 0 amide bonds. The number of hydrogen-bond acceptors (Lipinski definition) is 3. The summed E-state index contributed by atoms with van der Waals surface area (Å²) in [7, 11) is -3.49. The van der Waals surface area contributed by atoms with Gasteiger partial charge in [0.25, 0.3) is 0 Å². The van der Waals surface area contributed by atoms with Gasteiger partial charge in [0.15, 0.2) is 0 Å². The zero-order valence-electron chi connectivity index (χ0n) is 12.6. The molecule has 1 aromatic carbocycles. The summed E-state index contributed by atoms with van der Waals surface area (Å²) in [5.41, 5.74) is 0.745. The van der Waals surface area contributed by atoms with Gasteiger partial charge in [-0.05, 0) is 57.0 Å². The first-order valence-electron chi connectivity index (χ1n) is 7.45. The summed E-state index contributed by atoms with van der Waals surface area (Å²) in [4.78, 5) is 0.335. The molecular weight excluding hydrogens is 308 g/mol. The van der Waals surface area contributed by atoms with Crippen LogP contribution < -0.4 is 5.32 Å². The first-order chi connectivity index (χ1) is 9.96. The molecular formula is C15H23ClN2O2S. The second kappa shape index (κ2) is 7.09. The average Bonchev–Trinajstić information content (AvgIpc) is 2.48. The Balaban J connectivity index is 2.39. The monoisotopic (exact) mass is 330 g/mol. The molecule has 0 unspecified atom stereocenters. The highest BCUT2D eigenvalue weighted by Gasteiger charge is 2.32. The number of sulfonamides is 1. The fourth-order valence-electron chi connectivity index (χ4n) is 2.79. The number of benzene rings is 1. The van der Waals surface area contributed by atoms with Gasteiger partial charge in [0, 0.05) is 17.6 Å². The van der Waals surface area contributed by atoms with Crippen LogP contribution in [0.1, 0.15) is 31.7 Å². The van der Waals surface area contributed by atoms with Gasteiger partial charge < -0.3 is 5.32 Å². The Kier molecular flexibility index (Phi) is 5.66. The molecule has 21 heavy (non-hydrogen) atoms. The fourth-order valence-corrected chi connectivity index (χ4v) is 5.06. The lowest BCUT2D eigenvalue weighted by Gasteiger charge is -2.34. The van der Waals surface area contributed by atoms with Crippen molar-refractivity contribution >= 4 is 21.6 Å². The number of aryl methyl sites for hydroxylation is 1. The Morgan fingerprint density at radius 1 is 1.33 bits per heavy atom. The van der Waals surface area contributed by atoms with Crippen molar-refractivity contribution in [3.63, 3.8) is 0 Å². The van der Waals surface area contributed by atoms with Crippen LogP contribution in [0.15, 0.2) is 23.1 Å². The van der Waals surface area contributed by atoms with E-state index in [-0.39, 0.29) is 6.04 Å². The van der Waals surface area contributed by atoms with Crippen LogP contribution >= 0.6 is 11.6 Å². The third-order valence-corrected chi connectivity index (χ3v) is 6.23. The third kappa shape index (κ3) is 3.77. The summed E-state index contributed by atoms with van der Waals surface area (Å²) < 4.78 is 27.8. The van der Waals surface area contributed by atoms with Gasteiger partial charge in [-0.25, -0.2) is 8.42 Å². The number of nitrogens with one attached hydrogen (secondary N) is 1. The first-order valence-corrected chi connectivity index (χ1v) is 9.27. The zero-order chi connectivity index (χ0) is 15.5. The van der Waals surface area contributed by atoms with Gasteiger partial charge in [-0.1, -0.05) is 24.6 Å². The Morgan fingerprint density at radius 3 is 2.62 bits per heavy atom. The molecule has 118 valence electrons. The molecule has 1 fully saturated rings. The summed E-state index contributed by atoms with van der Waals surface area (Å²) in [5, 5.41) is 3.74. The van der Waals surface area contributed by atoms with Crippen molar-refractivity contribution < 1.29 is 8.42 Å². The van der Waals surface area contributed by atoms with Gasteiger partial charge in [-0.3, -0.25) is 0 Å². The number of halogens is 1. The van der Waals surface area contributed by atoms with Crippen molar-refractivity contribution in [2.75, 3.05) is 19.6 Å². The van der Waals surface area contributed by atoms with E-state index in [0.29, 0.717) is 16.5 Å². The maximum absolute atomic E-state index is 13.0. The molecule has 0 bridgehead atoms. The number of rotatable bonds is 5. The Hall–Kier alpha value is -0.620. The van der Waals surface area contributed by atoms with Crippen LogP contribution in [-0.2, 0) is 10.0 Å². The average molecular weight is 331 g/mol. The standard InChI is InChI=1S/C15H23ClN2O2S/c1-3-10-18(14-6-8-17-9-7-14)21(19,20)15-11-13(16)5-4-12(15)2/h4-5,11,14,17H,3,6-10H2,1-2H3. The second-order valence-electron chi connectivity index (χ2n) is 5.51. The highest BCUT2D eigenvalue weighted by atomic mass is 35.5. The molecule has 0 atom stereocenters. The molecule has 1 aromatic rings. The van der Waals surface area contributed by atoms with Crippen LogP contribution in [0.25, 0.3) is 0 Å². The van der Waals surface area contributed by atoms with Gasteiger partial charge in [0.1, 0.15) is 0 Å². The SMILES string of the molecule is CCCN(C1CCNCC1)S(=O)(=O)c1cc(Cl)ccc1C. The van der Waals surface area contributed by atoms with Crippen LogP contribution in [0.3, 0.4) is 0 Å². The van der Waals surface area contributed by atoms with Crippen molar-refractivity contribution in [2.24, 2.45) is 0 Å². The Bertz CT molecular complexity index is 583. The van der Waals surface area contributed by atoms with E-state index in [4.69, 9.17) is 11.6 Å². The molecule has 0 radical (unpaired) electrons. The van der Waals surface area contributed by atoms with Gasteiger partial charge in [-0.15, -0.1) is 0 Å². The quantitative estimate of drug-likeness (QED) is 0.903. The fraction of sp³-hybridized carbons (Fsp3) is 0.600.